The molecule has 1 unspecified atom stereocenters. The Kier molecular flexibility index (Phi) is 9.95. The fraction of sp³-hybridized carbons (Fsp3) is 0.182. The first-order valence-electron chi connectivity index (χ1n) is 14.3. The highest BCUT2D eigenvalue weighted by atomic mass is 19.1. The number of carbonyl (C=O) groups is 3. The van der Waals surface area contributed by atoms with Gasteiger partial charge in [-0.1, -0.05) is 36.9 Å². The van der Waals surface area contributed by atoms with Gasteiger partial charge in [-0.3, -0.25) is 9.69 Å². The Bertz CT molecular complexity index is 1810. The fourth-order valence-electron chi connectivity index (χ4n) is 5.07. The maximum atomic E-state index is 15.5. The van der Waals surface area contributed by atoms with Crippen LogP contribution < -0.4 is 15.5 Å². The molecule has 0 bridgehead atoms. The molecule has 0 radical (unpaired) electrons. The van der Waals surface area contributed by atoms with Gasteiger partial charge in [-0.05, 0) is 42.0 Å². The van der Waals surface area contributed by atoms with Crippen LogP contribution in [0.15, 0.2) is 91.7 Å². The maximum Gasteiger partial charge on any atom is 0.332 e. The Morgan fingerprint density at radius 3 is 2.67 bits per heavy atom. The van der Waals surface area contributed by atoms with Gasteiger partial charge >= 0.3 is 11.9 Å². The van der Waals surface area contributed by atoms with E-state index >= 15 is 4.39 Å². The number of aliphatic carboxylic acids is 1. The van der Waals surface area contributed by atoms with Gasteiger partial charge < -0.3 is 30.5 Å². The third-order valence-corrected chi connectivity index (χ3v) is 7.22. The Morgan fingerprint density at radius 2 is 1.91 bits per heavy atom. The smallest absolute Gasteiger partial charge is 0.332 e. The molecule has 4 aromatic rings. The number of ether oxygens (including phenoxy) is 1. The van der Waals surface area contributed by atoms with Gasteiger partial charge in [-0.25, -0.2) is 23.9 Å². The van der Waals surface area contributed by atoms with Crippen molar-refractivity contribution < 1.29 is 33.7 Å². The van der Waals surface area contributed by atoms with Crippen molar-refractivity contribution in [1.82, 2.24) is 14.9 Å². The number of β-amino-alcohol motifs (C(OH)–C–C–N with tert-alkyl or cyclic N) is 1. The van der Waals surface area contributed by atoms with Crippen LogP contribution >= 0.6 is 0 Å². The number of carbonyl (C=O) groups excluding carboxylic acids is 2. The molecule has 1 fully saturated rings. The molecule has 4 N–H and O–H groups in total. The summed E-state index contributed by atoms with van der Waals surface area (Å²) in [6, 6.07) is 17.4. The van der Waals surface area contributed by atoms with E-state index in [0.717, 1.165) is 22.6 Å². The molecule has 0 spiro atoms. The number of carboxylic acids is 1. The van der Waals surface area contributed by atoms with Crippen LogP contribution in [0.1, 0.15) is 0 Å². The van der Waals surface area contributed by atoms with Gasteiger partial charge in [-0.15, -0.1) is 0 Å². The monoisotopic (exact) mass is 626 g/mol. The third kappa shape index (κ3) is 7.70. The largest absolute Gasteiger partial charge is 0.478 e. The lowest BCUT2D eigenvalue weighted by Gasteiger charge is -2.41. The number of para-hydroxylation sites is 1. The predicted molar refractivity (Wildman–Crippen MR) is 171 cm³/mol. The zero-order chi connectivity index (χ0) is 32.6. The summed E-state index contributed by atoms with van der Waals surface area (Å²) in [5, 5.41) is 24.6. The summed E-state index contributed by atoms with van der Waals surface area (Å²) < 4.78 is 21.0. The molecule has 1 aliphatic heterocycles. The molecule has 1 saturated heterocycles. The van der Waals surface area contributed by atoms with Crippen molar-refractivity contribution in [2.24, 2.45) is 0 Å². The quantitative estimate of drug-likeness (QED) is 0.141. The lowest BCUT2D eigenvalue weighted by molar-refractivity contribution is -0.145. The molecule has 1 amide bonds. The Hall–Kier alpha value is -5.66. The van der Waals surface area contributed by atoms with E-state index in [1.165, 1.54) is 18.2 Å². The Balaban J connectivity index is 1.38. The third-order valence-electron chi connectivity index (χ3n) is 7.22. The average Bonchev–Trinajstić information content (AvgIpc) is 3.05. The zero-order valence-corrected chi connectivity index (χ0v) is 24.6. The van der Waals surface area contributed by atoms with Gasteiger partial charge in [0.05, 0.1) is 24.4 Å². The molecule has 46 heavy (non-hydrogen) atoms. The molecule has 0 aliphatic carbocycles. The highest BCUT2D eigenvalue weighted by Gasteiger charge is 2.30. The topological polar surface area (TPSA) is 157 Å². The average molecular weight is 627 g/mol. The number of piperazine rings is 1. The molecule has 1 aromatic heterocycles. The molecule has 13 heteroatoms. The number of benzene rings is 3. The van der Waals surface area contributed by atoms with Crippen molar-refractivity contribution in [3.63, 3.8) is 0 Å². The molecule has 1 atom stereocenters. The number of hydrogen-bond acceptors (Lipinski definition) is 10. The first kappa shape index (κ1) is 31.8. The van der Waals surface area contributed by atoms with Crippen molar-refractivity contribution in [3.8, 4) is 11.1 Å². The number of hydrogen-bond donors (Lipinski definition) is 4. The summed E-state index contributed by atoms with van der Waals surface area (Å²) in [6.07, 6.45) is 3.46. The Labute approximate surface area is 263 Å². The number of nitrogens with one attached hydrogen (secondary N) is 2. The summed E-state index contributed by atoms with van der Waals surface area (Å²) in [6.45, 7) is 4.86. The van der Waals surface area contributed by atoms with Crippen LogP contribution in [0.4, 0.5) is 27.4 Å². The SMILES string of the molecule is C=CC(=O)Nc1cccc(-c2cccc3cnc(Nc4ccc(N5CCN(CCO)CC5OC(=O)C=CC(=O)O)cc4F)nc23)c1. The van der Waals surface area contributed by atoms with Crippen LogP contribution in [0.2, 0.25) is 0 Å². The second kappa shape index (κ2) is 14.4. The maximum absolute atomic E-state index is 15.5. The van der Waals surface area contributed by atoms with Crippen LogP contribution in [0.25, 0.3) is 22.0 Å². The number of carboxylic acid groups (broad SMARTS) is 1. The number of halogens is 1. The van der Waals surface area contributed by atoms with Gasteiger partial charge in [0.2, 0.25) is 11.9 Å². The molecule has 2 heterocycles. The number of esters is 1. The van der Waals surface area contributed by atoms with Crippen molar-refractivity contribution in [2.45, 2.75) is 6.23 Å². The van der Waals surface area contributed by atoms with Crippen LogP contribution in [0.5, 0.6) is 0 Å². The number of amides is 1. The summed E-state index contributed by atoms with van der Waals surface area (Å²) in [7, 11) is 0. The molecule has 0 saturated carbocycles. The van der Waals surface area contributed by atoms with Crippen LogP contribution in [0.3, 0.4) is 0 Å². The second-order valence-electron chi connectivity index (χ2n) is 10.3. The van der Waals surface area contributed by atoms with E-state index in [1.54, 1.807) is 23.2 Å². The minimum Gasteiger partial charge on any atom is -0.478 e. The number of nitrogens with zero attached hydrogens (tertiary/aromatic N) is 4. The number of aliphatic hydroxyl groups is 1. The van der Waals surface area contributed by atoms with Crippen LogP contribution in [-0.4, -0.2) is 81.9 Å². The van der Waals surface area contributed by atoms with E-state index < -0.39 is 24.0 Å². The standard InChI is InChI=1S/C33H31FN6O6/c1-2-28(42)36-23-7-3-5-21(17-23)25-8-4-6-22-19-35-33(38-32(22)25)37-27-10-9-24(18-26(27)34)40-14-13-39(15-16-41)20-29(40)46-31(45)12-11-30(43)44/h2-12,17-19,29,41H,1,13-16,20H2,(H,36,42)(H,43,44)(H,35,37,38). The molecule has 236 valence electrons. The van der Waals surface area contributed by atoms with Crippen molar-refractivity contribution >= 4 is 51.8 Å². The zero-order valence-electron chi connectivity index (χ0n) is 24.6. The van der Waals surface area contributed by atoms with Gasteiger partial charge in [0, 0.05) is 60.3 Å². The van der Waals surface area contributed by atoms with Crippen molar-refractivity contribution in [3.05, 3.63) is 97.5 Å². The van der Waals surface area contributed by atoms with E-state index in [0.29, 0.717) is 42.6 Å². The number of fused-ring (bicyclic) bond motifs is 1. The molecule has 5 rings (SSSR count). The van der Waals surface area contributed by atoms with Gasteiger partial charge in [0.15, 0.2) is 6.23 Å². The lowest BCUT2D eigenvalue weighted by atomic mass is 10.0. The predicted octanol–water partition coefficient (Wildman–Crippen LogP) is 3.93. The van der Waals surface area contributed by atoms with Crippen LogP contribution in [0, 0.1) is 5.82 Å². The molecular formula is C33H31FN6O6. The molecular weight excluding hydrogens is 595 g/mol. The minimum absolute atomic E-state index is 0.0900. The Morgan fingerprint density at radius 1 is 1.09 bits per heavy atom. The number of aromatic nitrogens is 2. The van der Waals surface area contributed by atoms with Crippen molar-refractivity contribution in [2.75, 3.05) is 48.3 Å². The highest BCUT2D eigenvalue weighted by molar-refractivity contribution is 6.00. The lowest BCUT2D eigenvalue weighted by Crippen LogP contribution is -2.55. The normalized spacial score (nSPS) is 15.1. The van der Waals surface area contributed by atoms with E-state index in [1.807, 2.05) is 41.3 Å². The van der Waals surface area contributed by atoms with Gasteiger partial charge in [0.1, 0.15) is 5.82 Å². The number of rotatable bonds is 11. The van der Waals surface area contributed by atoms with Gasteiger partial charge in [-0.2, -0.15) is 0 Å². The molecule has 12 nitrogen and oxygen atoms in total. The summed E-state index contributed by atoms with van der Waals surface area (Å²) in [4.78, 5) is 47.5. The second-order valence-corrected chi connectivity index (χ2v) is 10.3. The van der Waals surface area contributed by atoms with Crippen LogP contribution in [-0.2, 0) is 19.1 Å². The molecule has 3 aromatic carbocycles. The van der Waals surface area contributed by atoms with Gasteiger partial charge in [0.25, 0.3) is 0 Å². The van der Waals surface area contributed by atoms with E-state index in [2.05, 4.69) is 27.2 Å². The van der Waals surface area contributed by atoms with E-state index in [9.17, 15) is 19.5 Å². The highest BCUT2D eigenvalue weighted by Crippen LogP contribution is 2.31. The summed E-state index contributed by atoms with van der Waals surface area (Å²) in [5.74, 6) is -2.92. The minimum atomic E-state index is -1.29. The fourth-order valence-corrected chi connectivity index (χ4v) is 5.07. The number of aliphatic hydroxyl groups excluding tert-OH is 1. The first-order chi connectivity index (χ1) is 22.2. The van der Waals surface area contributed by atoms with E-state index in [-0.39, 0.29) is 30.7 Å². The molecule has 1 aliphatic rings. The van der Waals surface area contributed by atoms with Crippen molar-refractivity contribution in [1.29, 1.82) is 0 Å². The number of anilines is 4. The summed E-state index contributed by atoms with van der Waals surface area (Å²) in [5.41, 5.74) is 3.36. The summed E-state index contributed by atoms with van der Waals surface area (Å²) >= 11 is 0. The van der Waals surface area contributed by atoms with E-state index in [4.69, 9.17) is 9.84 Å². The first-order valence-corrected chi connectivity index (χ1v) is 14.3.